The molecule has 5 heteroatoms. The molecular formula is C19H14N2O3. The zero-order valence-corrected chi connectivity index (χ0v) is 13.0. The smallest absolute Gasteiger partial charge is 0.337 e. The van der Waals surface area contributed by atoms with E-state index in [2.05, 4.69) is 6.07 Å². The number of esters is 1. The van der Waals surface area contributed by atoms with Crippen molar-refractivity contribution >= 4 is 16.7 Å². The molecule has 0 aliphatic rings. The molecule has 118 valence electrons. The minimum Gasteiger partial charge on any atom is -0.465 e. The van der Waals surface area contributed by atoms with Crippen LogP contribution < -0.4 is 5.56 Å². The Kier molecular flexibility index (Phi) is 4.13. The largest absolute Gasteiger partial charge is 0.465 e. The lowest BCUT2D eigenvalue weighted by molar-refractivity contribution is 0.0601. The molecular weight excluding hydrogens is 304 g/mol. The minimum atomic E-state index is -0.473. The number of rotatable bonds is 3. The highest BCUT2D eigenvalue weighted by molar-refractivity contribution is 5.95. The zero-order chi connectivity index (χ0) is 17.1. The highest BCUT2D eigenvalue weighted by Gasteiger charge is 2.09. The second kappa shape index (κ2) is 6.39. The molecule has 0 atom stereocenters. The number of carbonyl (C=O) groups excluding carboxylic acids is 1. The average Bonchev–Trinajstić information content (AvgIpc) is 2.63. The van der Waals surface area contributed by atoms with E-state index in [-0.39, 0.29) is 5.56 Å². The van der Waals surface area contributed by atoms with Gasteiger partial charge in [-0.2, -0.15) is 5.26 Å². The Labute approximate surface area is 138 Å². The van der Waals surface area contributed by atoms with Crippen molar-refractivity contribution in [3.8, 4) is 6.07 Å². The summed E-state index contributed by atoms with van der Waals surface area (Å²) in [7, 11) is 1.31. The predicted octanol–water partition coefficient (Wildman–Crippen LogP) is 2.71. The van der Waals surface area contributed by atoms with E-state index in [1.54, 1.807) is 41.1 Å². The van der Waals surface area contributed by atoms with E-state index in [9.17, 15) is 9.59 Å². The molecule has 0 N–H and O–H groups in total. The van der Waals surface area contributed by atoms with E-state index in [0.29, 0.717) is 23.1 Å². The Balaban J connectivity index is 2.02. The molecule has 24 heavy (non-hydrogen) atoms. The summed E-state index contributed by atoms with van der Waals surface area (Å²) >= 11 is 0. The number of hydrogen-bond acceptors (Lipinski definition) is 4. The van der Waals surface area contributed by atoms with Crippen LogP contribution >= 0.6 is 0 Å². The number of carbonyl (C=O) groups is 1. The number of nitrogens with zero attached hydrogens (tertiary/aromatic N) is 2. The standard InChI is InChI=1S/C19H14N2O3/c1-24-19(23)16-7-6-15-8-9-21(18(22)17(15)10-16)12-14-4-2-13(11-20)3-5-14/h2-10H,12H2,1H3. The molecule has 0 fully saturated rings. The lowest BCUT2D eigenvalue weighted by Gasteiger charge is -2.08. The van der Waals surface area contributed by atoms with Gasteiger partial charge < -0.3 is 9.30 Å². The Morgan fingerprint density at radius 2 is 1.92 bits per heavy atom. The quantitative estimate of drug-likeness (QED) is 0.696. The van der Waals surface area contributed by atoms with Gasteiger partial charge in [0.25, 0.3) is 5.56 Å². The van der Waals surface area contributed by atoms with Crippen molar-refractivity contribution < 1.29 is 9.53 Å². The molecule has 0 aliphatic carbocycles. The van der Waals surface area contributed by atoms with Gasteiger partial charge in [-0.15, -0.1) is 0 Å². The highest BCUT2D eigenvalue weighted by Crippen LogP contribution is 2.14. The van der Waals surface area contributed by atoms with E-state index in [4.69, 9.17) is 10.00 Å². The van der Waals surface area contributed by atoms with E-state index >= 15 is 0 Å². The predicted molar refractivity (Wildman–Crippen MR) is 89.8 cm³/mol. The Morgan fingerprint density at radius 1 is 1.17 bits per heavy atom. The van der Waals surface area contributed by atoms with Crippen LogP contribution in [-0.2, 0) is 11.3 Å². The highest BCUT2D eigenvalue weighted by atomic mass is 16.5. The normalized spacial score (nSPS) is 10.3. The van der Waals surface area contributed by atoms with Gasteiger partial charge in [0.05, 0.1) is 30.9 Å². The number of fused-ring (bicyclic) bond motifs is 1. The summed E-state index contributed by atoms with van der Waals surface area (Å²) in [6, 6.07) is 15.9. The van der Waals surface area contributed by atoms with Crippen molar-refractivity contribution in [1.29, 1.82) is 5.26 Å². The molecule has 0 saturated heterocycles. The van der Waals surface area contributed by atoms with Gasteiger partial charge >= 0.3 is 5.97 Å². The minimum absolute atomic E-state index is 0.178. The molecule has 2 aromatic carbocycles. The molecule has 0 bridgehead atoms. The second-order valence-corrected chi connectivity index (χ2v) is 5.35. The first-order valence-corrected chi connectivity index (χ1v) is 7.33. The number of hydrogen-bond donors (Lipinski definition) is 0. The van der Waals surface area contributed by atoms with Crippen LogP contribution in [0.2, 0.25) is 0 Å². The second-order valence-electron chi connectivity index (χ2n) is 5.35. The topological polar surface area (TPSA) is 72.1 Å². The third kappa shape index (κ3) is 2.90. The number of aromatic nitrogens is 1. The average molecular weight is 318 g/mol. The maximum Gasteiger partial charge on any atom is 0.337 e. The summed E-state index contributed by atoms with van der Waals surface area (Å²) in [5.74, 6) is -0.473. The molecule has 3 aromatic rings. The van der Waals surface area contributed by atoms with Gasteiger partial charge in [0.15, 0.2) is 0 Å². The van der Waals surface area contributed by atoms with Gasteiger partial charge in [0, 0.05) is 11.6 Å². The van der Waals surface area contributed by atoms with Crippen molar-refractivity contribution in [3.05, 3.63) is 81.8 Å². The summed E-state index contributed by atoms with van der Waals surface area (Å²) in [4.78, 5) is 24.3. The lowest BCUT2D eigenvalue weighted by atomic mass is 10.1. The molecule has 3 rings (SSSR count). The van der Waals surface area contributed by atoms with Crippen molar-refractivity contribution in [3.63, 3.8) is 0 Å². The molecule has 0 radical (unpaired) electrons. The van der Waals surface area contributed by atoms with Gasteiger partial charge in [0.2, 0.25) is 0 Å². The molecule has 5 nitrogen and oxygen atoms in total. The van der Waals surface area contributed by atoms with Crippen LogP contribution in [0.15, 0.2) is 59.5 Å². The molecule has 1 heterocycles. The van der Waals surface area contributed by atoms with Crippen LogP contribution in [0.1, 0.15) is 21.5 Å². The van der Waals surface area contributed by atoms with Crippen LogP contribution in [-0.4, -0.2) is 17.6 Å². The van der Waals surface area contributed by atoms with Crippen LogP contribution in [0.3, 0.4) is 0 Å². The number of ether oxygens (including phenoxy) is 1. The summed E-state index contributed by atoms with van der Waals surface area (Å²) in [6.45, 7) is 0.392. The first kappa shape index (κ1) is 15.5. The van der Waals surface area contributed by atoms with Gasteiger partial charge in [-0.1, -0.05) is 18.2 Å². The lowest BCUT2D eigenvalue weighted by Crippen LogP contribution is -2.20. The fourth-order valence-electron chi connectivity index (χ4n) is 2.53. The van der Waals surface area contributed by atoms with E-state index < -0.39 is 5.97 Å². The van der Waals surface area contributed by atoms with Crippen LogP contribution in [0.4, 0.5) is 0 Å². The third-order valence-corrected chi connectivity index (χ3v) is 3.84. The van der Waals surface area contributed by atoms with Gasteiger partial charge in [-0.3, -0.25) is 4.79 Å². The van der Waals surface area contributed by atoms with Crippen molar-refractivity contribution in [2.75, 3.05) is 7.11 Å². The van der Waals surface area contributed by atoms with Crippen molar-refractivity contribution in [2.24, 2.45) is 0 Å². The molecule has 0 amide bonds. The summed E-state index contributed by atoms with van der Waals surface area (Å²) in [5, 5.41) is 10.1. The first-order chi connectivity index (χ1) is 11.6. The zero-order valence-electron chi connectivity index (χ0n) is 13.0. The van der Waals surface area contributed by atoms with Crippen LogP contribution in [0.5, 0.6) is 0 Å². The fraction of sp³-hybridized carbons (Fsp3) is 0.105. The molecule has 0 unspecified atom stereocenters. The van der Waals surface area contributed by atoms with Gasteiger partial charge in [0.1, 0.15) is 0 Å². The monoisotopic (exact) mass is 318 g/mol. The van der Waals surface area contributed by atoms with Crippen LogP contribution in [0.25, 0.3) is 10.8 Å². The van der Waals surface area contributed by atoms with Crippen molar-refractivity contribution in [1.82, 2.24) is 4.57 Å². The Morgan fingerprint density at radius 3 is 2.58 bits per heavy atom. The van der Waals surface area contributed by atoms with Gasteiger partial charge in [-0.05, 0) is 41.3 Å². The van der Waals surface area contributed by atoms with Crippen molar-refractivity contribution in [2.45, 2.75) is 6.54 Å². The Hall–Kier alpha value is -3.39. The Bertz CT molecular complexity index is 1010. The maximum absolute atomic E-state index is 12.7. The fourth-order valence-corrected chi connectivity index (χ4v) is 2.53. The van der Waals surface area contributed by atoms with E-state index in [0.717, 1.165) is 10.9 Å². The number of pyridine rings is 1. The maximum atomic E-state index is 12.7. The number of nitriles is 1. The molecule has 0 spiro atoms. The third-order valence-electron chi connectivity index (χ3n) is 3.84. The molecule has 0 aliphatic heterocycles. The SMILES string of the molecule is COC(=O)c1ccc2ccn(Cc3ccc(C#N)cc3)c(=O)c2c1. The number of benzene rings is 2. The first-order valence-electron chi connectivity index (χ1n) is 7.33. The van der Waals surface area contributed by atoms with Crippen LogP contribution in [0, 0.1) is 11.3 Å². The summed E-state index contributed by atoms with van der Waals surface area (Å²) < 4.78 is 6.27. The molecule has 1 aromatic heterocycles. The van der Waals surface area contributed by atoms with Gasteiger partial charge in [-0.25, -0.2) is 4.79 Å². The summed E-state index contributed by atoms with van der Waals surface area (Å²) in [5.41, 5.74) is 1.66. The number of methoxy groups -OCH3 is 1. The van der Waals surface area contributed by atoms with E-state index in [1.807, 2.05) is 18.2 Å². The molecule has 0 saturated carbocycles. The summed E-state index contributed by atoms with van der Waals surface area (Å²) in [6.07, 6.45) is 1.72. The van der Waals surface area contributed by atoms with E-state index in [1.165, 1.54) is 7.11 Å².